The molecule has 0 bridgehead atoms. The summed E-state index contributed by atoms with van der Waals surface area (Å²) < 4.78 is 0. The van der Waals surface area contributed by atoms with E-state index in [1.54, 1.807) is 0 Å². The van der Waals surface area contributed by atoms with Crippen LogP contribution in [-0.2, 0) is 9.59 Å². The second kappa shape index (κ2) is 5.99. The first-order chi connectivity index (χ1) is 8.02. The molecule has 0 saturated carbocycles. The van der Waals surface area contributed by atoms with E-state index in [1.165, 1.54) is 13.8 Å². The lowest BCUT2D eigenvalue weighted by molar-refractivity contribution is -0.120. The Bertz CT molecular complexity index is 423. The summed E-state index contributed by atoms with van der Waals surface area (Å²) >= 11 is 0. The Balaban J connectivity index is 2.81. The predicted molar refractivity (Wildman–Crippen MR) is 68.3 cm³/mol. The Labute approximate surface area is 102 Å². The van der Waals surface area contributed by atoms with Crippen molar-refractivity contribution < 1.29 is 9.59 Å². The third-order valence-electron chi connectivity index (χ3n) is 2.61. The van der Waals surface area contributed by atoms with Gasteiger partial charge in [0.1, 0.15) is 5.78 Å². The van der Waals surface area contributed by atoms with Crippen LogP contribution in [0.4, 0.5) is 0 Å². The van der Waals surface area contributed by atoms with Gasteiger partial charge in [-0.1, -0.05) is 36.9 Å². The van der Waals surface area contributed by atoms with E-state index in [0.717, 1.165) is 11.1 Å². The SMILES string of the molecule is C=C(c1ccccc1)[C@H](CNC(C)=O)C(C)=O. The molecular formula is C14H17NO2. The molecule has 0 fully saturated rings. The van der Waals surface area contributed by atoms with Crippen molar-refractivity contribution in [3.05, 3.63) is 42.5 Å². The summed E-state index contributed by atoms with van der Waals surface area (Å²) in [5.41, 5.74) is 1.67. The number of amides is 1. The van der Waals surface area contributed by atoms with E-state index in [-0.39, 0.29) is 17.6 Å². The van der Waals surface area contributed by atoms with Gasteiger partial charge in [-0.15, -0.1) is 0 Å². The fraction of sp³-hybridized carbons (Fsp3) is 0.286. The number of hydrogen-bond donors (Lipinski definition) is 1. The molecule has 0 unspecified atom stereocenters. The second-order valence-corrected chi connectivity index (χ2v) is 3.99. The molecule has 1 atom stereocenters. The molecule has 3 nitrogen and oxygen atoms in total. The Hall–Kier alpha value is -1.90. The predicted octanol–water partition coefficient (Wildman–Crippen LogP) is 2.04. The van der Waals surface area contributed by atoms with Crippen molar-refractivity contribution >= 4 is 17.3 Å². The van der Waals surface area contributed by atoms with Crippen molar-refractivity contribution in [2.45, 2.75) is 13.8 Å². The van der Waals surface area contributed by atoms with Crippen LogP contribution in [0.2, 0.25) is 0 Å². The standard InChI is InChI=1S/C14H17NO2/c1-10(13-7-5-4-6-8-13)14(11(2)16)9-15-12(3)17/h4-8,14H,1,9H2,2-3H3,(H,15,17)/t14-/m0/s1. The minimum Gasteiger partial charge on any atom is -0.355 e. The molecule has 0 aromatic heterocycles. The van der Waals surface area contributed by atoms with Gasteiger partial charge in [0, 0.05) is 13.5 Å². The van der Waals surface area contributed by atoms with Gasteiger partial charge in [-0.2, -0.15) is 0 Å². The lowest BCUT2D eigenvalue weighted by atomic mass is 9.91. The van der Waals surface area contributed by atoms with Crippen LogP contribution >= 0.6 is 0 Å². The maximum atomic E-state index is 11.6. The average molecular weight is 231 g/mol. The second-order valence-electron chi connectivity index (χ2n) is 3.99. The summed E-state index contributed by atoms with van der Waals surface area (Å²) in [6.07, 6.45) is 0. The van der Waals surface area contributed by atoms with Crippen molar-refractivity contribution in [1.82, 2.24) is 5.32 Å². The Morgan fingerprint density at radius 2 is 1.82 bits per heavy atom. The molecule has 0 radical (unpaired) electrons. The zero-order valence-corrected chi connectivity index (χ0v) is 10.2. The highest BCUT2D eigenvalue weighted by atomic mass is 16.1. The normalized spacial score (nSPS) is 11.6. The molecule has 17 heavy (non-hydrogen) atoms. The molecule has 0 saturated heterocycles. The zero-order chi connectivity index (χ0) is 12.8. The Morgan fingerprint density at radius 3 is 2.29 bits per heavy atom. The van der Waals surface area contributed by atoms with E-state index < -0.39 is 0 Å². The van der Waals surface area contributed by atoms with Crippen LogP contribution in [0, 0.1) is 5.92 Å². The molecule has 3 heteroatoms. The number of ketones is 1. The molecule has 0 aliphatic carbocycles. The van der Waals surface area contributed by atoms with E-state index in [1.807, 2.05) is 30.3 Å². The highest BCUT2D eigenvalue weighted by Crippen LogP contribution is 2.21. The van der Waals surface area contributed by atoms with Gasteiger partial charge in [0.25, 0.3) is 0 Å². The quantitative estimate of drug-likeness (QED) is 0.843. The molecule has 90 valence electrons. The summed E-state index contributed by atoms with van der Waals surface area (Å²) in [4.78, 5) is 22.4. The molecule has 0 aliphatic heterocycles. The third-order valence-corrected chi connectivity index (χ3v) is 2.61. The molecule has 0 spiro atoms. The third kappa shape index (κ3) is 3.87. The number of carbonyl (C=O) groups excluding carboxylic acids is 2. The van der Waals surface area contributed by atoms with E-state index >= 15 is 0 Å². The molecule has 1 aromatic rings. The van der Waals surface area contributed by atoms with Crippen LogP contribution in [0.1, 0.15) is 19.4 Å². The van der Waals surface area contributed by atoms with Crippen molar-refractivity contribution in [2.24, 2.45) is 5.92 Å². The van der Waals surface area contributed by atoms with Gasteiger partial charge in [-0.05, 0) is 18.1 Å². The van der Waals surface area contributed by atoms with Crippen LogP contribution < -0.4 is 5.32 Å². The van der Waals surface area contributed by atoms with E-state index in [2.05, 4.69) is 11.9 Å². The molecular weight excluding hydrogens is 214 g/mol. The van der Waals surface area contributed by atoms with Gasteiger partial charge in [-0.25, -0.2) is 0 Å². The number of carbonyl (C=O) groups is 2. The number of hydrogen-bond acceptors (Lipinski definition) is 2. The fourth-order valence-electron chi connectivity index (χ4n) is 1.61. The van der Waals surface area contributed by atoms with E-state index in [4.69, 9.17) is 0 Å². The first-order valence-electron chi connectivity index (χ1n) is 5.51. The minimum absolute atomic E-state index is 0.00704. The maximum Gasteiger partial charge on any atom is 0.216 e. The van der Waals surface area contributed by atoms with Crippen LogP contribution in [-0.4, -0.2) is 18.2 Å². The van der Waals surface area contributed by atoms with Gasteiger partial charge in [-0.3, -0.25) is 9.59 Å². The lowest BCUT2D eigenvalue weighted by Gasteiger charge is -2.17. The zero-order valence-electron chi connectivity index (χ0n) is 10.2. The number of rotatable bonds is 5. The summed E-state index contributed by atoms with van der Waals surface area (Å²) in [7, 11) is 0. The van der Waals surface area contributed by atoms with Crippen molar-refractivity contribution in [1.29, 1.82) is 0 Å². The smallest absolute Gasteiger partial charge is 0.216 e. The molecule has 1 N–H and O–H groups in total. The summed E-state index contributed by atoms with van der Waals surface area (Å²) in [5, 5.41) is 2.66. The van der Waals surface area contributed by atoms with E-state index in [9.17, 15) is 9.59 Å². The topological polar surface area (TPSA) is 46.2 Å². The molecule has 1 amide bonds. The van der Waals surface area contributed by atoms with E-state index in [0.29, 0.717) is 6.54 Å². The Morgan fingerprint density at radius 1 is 1.24 bits per heavy atom. The first kappa shape index (κ1) is 13.2. The first-order valence-corrected chi connectivity index (χ1v) is 5.51. The summed E-state index contributed by atoms with van der Waals surface area (Å²) in [6.45, 7) is 7.20. The minimum atomic E-state index is -0.360. The van der Waals surface area contributed by atoms with Crippen LogP contribution in [0.3, 0.4) is 0 Å². The lowest BCUT2D eigenvalue weighted by Crippen LogP contribution is -2.31. The highest BCUT2D eigenvalue weighted by molar-refractivity contribution is 5.92. The largest absolute Gasteiger partial charge is 0.355 e. The van der Waals surface area contributed by atoms with Gasteiger partial charge in [0.15, 0.2) is 0 Å². The maximum absolute atomic E-state index is 11.6. The number of Topliss-reactive ketones (excluding diaryl/α,β-unsaturated/α-hetero) is 1. The van der Waals surface area contributed by atoms with Crippen LogP contribution in [0.15, 0.2) is 36.9 Å². The molecule has 1 aromatic carbocycles. The van der Waals surface area contributed by atoms with Gasteiger partial charge in [0.2, 0.25) is 5.91 Å². The summed E-state index contributed by atoms with van der Waals surface area (Å²) in [5.74, 6) is -0.494. The average Bonchev–Trinajstić information content (AvgIpc) is 2.29. The fourth-order valence-corrected chi connectivity index (χ4v) is 1.61. The van der Waals surface area contributed by atoms with Crippen molar-refractivity contribution in [3.8, 4) is 0 Å². The van der Waals surface area contributed by atoms with Crippen LogP contribution in [0.25, 0.3) is 5.57 Å². The number of nitrogens with one attached hydrogen (secondary N) is 1. The molecule has 0 aliphatic rings. The highest BCUT2D eigenvalue weighted by Gasteiger charge is 2.19. The molecule has 1 rings (SSSR count). The van der Waals surface area contributed by atoms with Gasteiger partial charge in [0.05, 0.1) is 5.92 Å². The molecule has 0 heterocycles. The van der Waals surface area contributed by atoms with Crippen molar-refractivity contribution in [2.75, 3.05) is 6.54 Å². The van der Waals surface area contributed by atoms with Crippen molar-refractivity contribution in [3.63, 3.8) is 0 Å². The summed E-state index contributed by atoms with van der Waals surface area (Å²) in [6, 6.07) is 9.53. The van der Waals surface area contributed by atoms with Gasteiger partial charge < -0.3 is 5.32 Å². The van der Waals surface area contributed by atoms with Crippen LogP contribution in [0.5, 0.6) is 0 Å². The monoisotopic (exact) mass is 231 g/mol. The number of benzene rings is 1. The van der Waals surface area contributed by atoms with Gasteiger partial charge >= 0.3 is 0 Å². The Kier molecular flexibility index (Phi) is 4.64.